The molecule has 1 unspecified atom stereocenters. The van der Waals surface area contributed by atoms with Gasteiger partial charge in [-0.25, -0.2) is 4.39 Å². The van der Waals surface area contributed by atoms with Gasteiger partial charge in [0.25, 0.3) is 0 Å². The normalized spacial score (nSPS) is 12.4. The molecule has 1 atom stereocenters. The first-order valence-electron chi connectivity index (χ1n) is 7.39. The molecule has 5 heteroatoms. The molecule has 0 aromatic heterocycles. The molecule has 0 spiro atoms. The van der Waals surface area contributed by atoms with E-state index in [1.807, 2.05) is 19.0 Å². The minimum Gasteiger partial charge on any atom is -0.308 e. The summed E-state index contributed by atoms with van der Waals surface area (Å²) in [7, 11) is 3.91. The van der Waals surface area contributed by atoms with Crippen LogP contribution in [0.5, 0.6) is 0 Å². The Labute approximate surface area is 141 Å². The van der Waals surface area contributed by atoms with Crippen LogP contribution in [0.15, 0.2) is 48.5 Å². The van der Waals surface area contributed by atoms with Gasteiger partial charge in [0, 0.05) is 23.2 Å². The van der Waals surface area contributed by atoms with Crippen LogP contribution in [-0.2, 0) is 0 Å². The lowest BCUT2D eigenvalue weighted by atomic mass is 10.1. The van der Waals surface area contributed by atoms with Gasteiger partial charge < -0.3 is 10.2 Å². The Kier molecular flexibility index (Phi) is 6.28. The quantitative estimate of drug-likeness (QED) is 0.786. The molecule has 122 valence electrons. The van der Waals surface area contributed by atoms with Crippen molar-refractivity contribution in [1.82, 2.24) is 10.2 Å². The summed E-state index contributed by atoms with van der Waals surface area (Å²) in [6, 6.07) is 13.3. The predicted octanol–water partition coefficient (Wildman–Crippen LogP) is 3.55. The minimum atomic E-state index is -0.253. The van der Waals surface area contributed by atoms with Gasteiger partial charge in [0.05, 0.1) is 6.54 Å². The lowest BCUT2D eigenvalue weighted by Gasteiger charge is -2.25. The van der Waals surface area contributed by atoms with Gasteiger partial charge in [0.2, 0.25) is 0 Å². The molecule has 0 fully saturated rings. The molecule has 0 bridgehead atoms. The summed E-state index contributed by atoms with van der Waals surface area (Å²) >= 11 is 5.82. The number of halogens is 2. The maximum Gasteiger partial charge on any atom is 0.176 e. The van der Waals surface area contributed by atoms with Gasteiger partial charge in [-0.2, -0.15) is 0 Å². The number of ketones is 1. The van der Waals surface area contributed by atoms with E-state index in [2.05, 4.69) is 5.32 Å². The Hall–Kier alpha value is -1.75. The van der Waals surface area contributed by atoms with Crippen molar-refractivity contribution >= 4 is 17.4 Å². The Morgan fingerprint density at radius 1 is 1.13 bits per heavy atom. The maximum atomic E-state index is 13.0. The van der Waals surface area contributed by atoms with Gasteiger partial charge in [-0.1, -0.05) is 23.7 Å². The molecule has 0 aliphatic carbocycles. The zero-order valence-corrected chi connectivity index (χ0v) is 14.0. The molecular weight excluding hydrogens is 315 g/mol. The highest BCUT2D eigenvalue weighted by Crippen LogP contribution is 2.17. The van der Waals surface area contributed by atoms with E-state index >= 15 is 0 Å². The van der Waals surface area contributed by atoms with E-state index in [4.69, 9.17) is 11.6 Å². The number of nitrogens with one attached hydrogen (secondary N) is 1. The summed E-state index contributed by atoms with van der Waals surface area (Å²) < 4.78 is 13.0. The molecular formula is C18H20ClFN2O. The fourth-order valence-corrected chi connectivity index (χ4v) is 2.47. The first-order valence-corrected chi connectivity index (χ1v) is 7.76. The summed E-state index contributed by atoms with van der Waals surface area (Å²) in [6.45, 7) is 0.838. The van der Waals surface area contributed by atoms with Crippen molar-refractivity contribution in [3.63, 3.8) is 0 Å². The van der Waals surface area contributed by atoms with Crippen LogP contribution in [0.2, 0.25) is 5.02 Å². The van der Waals surface area contributed by atoms with E-state index in [1.165, 1.54) is 12.1 Å². The number of hydrogen-bond acceptors (Lipinski definition) is 3. The van der Waals surface area contributed by atoms with E-state index in [1.54, 1.807) is 36.4 Å². The van der Waals surface area contributed by atoms with Crippen molar-refractivity contribution < 1.29 is 9.18 Å². The van der Waals surface area contributed by atoms with Gasteiger partial charge in [0.1, 0.15) is 5.82 Å². The average Bonchev–Trinajstić information content (AvgIpc) is 2.53. The summed E-state index contributed by atoms with van der Waals surface area (Å²) in [4.78, 5) is 14.2. The Bertz CT molecular complexity index is 641. The molecule has 0 amide bonds. The molecule has 23 heavy (non-hydrogen) atoms. The van der Waals surface area contributed by atoms with Crippen LogP contribution in [0, 0.1) is 5.82 Å². The maximum absolute atomic E-state index is 13.0. The molecule has 0 aliphatic rings. The third kappa shape index (κ3) is 5.13. The summed E-state index contributed by atoms with van der Waals surface area (Å²) in [5.41, 5.74) is 1.63. The fourth-order valence-electron chi connectivity index (χ4n) is 2.34. The van der Waals surface area contributed by atoms with Gasteiger partial charge in [-0.3, -0.25) is 4.79 Å². The van der Waals surface area contributed by atoms with Crippen LogP contribution < -0.4 is 5.32 Å². The Morgan fingerprint density at radius 3 is 2.30 bits per heavy atom. The van der Waals surface area contributed by atoms with Crippen LogP contribution in [0.4, 0.5) is 4.39 Å². The largest absolute Gasteiger partial charge is 0.308 e. The van der Waals surface area contributed by atoms with Crippen molar-refractivity contribution in [2.45, 2.75) is 6.04 Å². The predicted molar refractivity (Wildman–Crippen MR) is 91.5 cm³/mol. The van der Waals surface area contributed by atoms with Crippen molar-refractivity contribution in [3.8, 4) is 0 Å². The molecule has 0 saturated carbocycles. The van der Waals surface area contributed by atoms with Gasteiger partial charge in [-0.05, 0) is 56.1 Å². The van der Waals surface area contributed by atoms with Crippen LogP contribution in [0.25, 0.3) is 0 Å². The molecule has 2 aromatic rings. The fraction of sp³-hybridized carbons (Fsp3) is 0.278. The molecule has 3 nitrogen and oxygen atoms in total. The van der Waals surface area contributed by atoms with Crippen LogP contribution in [-0.4, -0.2) is 37.9 Å². The number of rotatable bonds is 7. The smallest absolute Gasteiger partial charge is 0.176 e. The minimum absolute atomic E-state index is 0.0123. The van der Waals surface area contributed by atoms with Crippen molar-refractivity contribution in [1.29, 1.82) is 0 Å². The second-order valence-corrected chi connectivity index (χ2v) is 6.03. The van der Waals surface area contributed by atoms with Crippen molar-refractivity contribution in [2.24, 2.45) is 0 Å². The number of carbonyl (C=O) groups excluding carboxylic acids is 1. The number of nitrogens with zero attached hydrogens (tertiary/aromatic N) is 1. The highest BCUT2D eigenvalue weighted by Gasteiger charge is 2.14. The number of carbonyl (C=O) groups is 1. The second kappa shape index (κ2) is 8.20. The molecule has 0 heterocycles. The van der Waals surface area contributed by atoms with E-state index < -0.39 is 0 Å². The number of benzene rings is 2. The number of likely N-dealkylation sites (N-methyl/N-ethyl adjacent to an activating group) is 1. The highest BCUT2D eigenvalue weighted by molar-refractivity contribution is 6.30. The third-order valence-corrected chi connectivity index (χ3v) is 3.92. The number of hydrogen-bond donors (Lipinski definition) is 1. The standard InChI is InChI=1S/C18H20ClFN2O/c1-22(2)17(13-5-9-16(20)10-6-13)11-21-12-18(23)14-3-7-15(19)8-4-14/h3-10,17,21H,11-12H2,1-2H3. The third-order valence-electron chi connectivity index (χ3n) is 3.67. The van der Waals surface area contributed by atoms with Gasteiger partial charge >= 0.3 is 0 Å². The van der Waals surface area contributed by atoms with E-state index in [0.29, 0.717) is 17.1 Å². The molecule has 0 saturated heterocycles. The summed E-state index contributed by atoms with van der Waals surface area (Å²) in [5, 5.41) is 3.78. The zero-order chi connectivity index (χ0) is 16.8. The Morgan fingerprint density at radius 2 is 1.74 bits per heavy atom. The van der Waals surface area contributed by atoms with E-state index in [0.717, 1.165) is 5.56 Å². The van der Waals surface area contributed by atoms with E-state index in [-0.39, 0.29) is 24.2 Å². The molecule has 0 radical (unpaired) electrons. The number of Topliss-reactive ketones (excluding diaryl/α,β-unsaturated/α-hetero) is 1. The highest BCUT2D eigenvalue weighted by atomic mass is 35.5. The first-order chi connectivity index (χ1) is 11.0. The van der Waals surface area contributed by atoms with Crippen molar-refractivity contribution in [2.75, 3.05) is 27.2 Å². The van der Waals surface area contributed by atoms with Crippen LogP contribution in [0.3, 0.4) is 0 Å². The van der Waals surface area contributed by atoms with Gasteiger partial charge in [-0.15, -0.1) is 0 Å². The van der Waals surface area contributed by atoms with Crippen LogP contribution >= 0.6 is 11.6 Å². The SMILES string of the molecule is CN(C)C(CNCC(=O)c1ccc(Cl)cc1)c1ccc(F)cc1. The Balaban J connectivity index is 1.93. The summed E-state index contributed by atoms with van der Waals surface area (Å²) in [5.74, 6) is -0.240. The van der Waals surface area contributed by atoms with Crippen LogP contribution in [0.1, 0.15) is 22.0 Å². The molecule has 2 rings (SSSR count). The van der Waals surface area contributed by atoms with E-state index in [9.17, 15) is 9.18 Å². The molecule has 1 N–H and O–H groups in total. The molecule has 2 aromatic carbocycles. The molecule has 0 aliphatic heterocycles. The zero-order valence-electron chi connectivity index (χ0n) is 13.2. The first kappa shape index (κ1) is 17.6. The lowest BCUT2D eigenvalue weighted by molar-refractivity contribution is 0.0988. The second-order valence-electron chi connectivity index (χ2n) is 5.59. The average molecular weight is 335 g/mol. The van der Waals surface area contributed by atoms with Gasteiger partial charge in [0.15, 0.2) is 5.78 Å². The monoisotopic (exact) mass is 334 g/mol. The van der Waals surface area contributed by atoms with Crippen molar-refractivity contribution in [3.05, 3.63) is 70.5 Å². The lowest BCUT2D eigenvalue weighted by Crippen LogP contribution is -2.33. The summed E-state index contributed by atoms with van der Waals surface area (Å²) in [6.07, 6.45) is 0. The topological polar surface area (TPSA) is 32.3 Å².